The second-order valence-electron chi connectivity index (χ2n) is 7.45. The van der Waals surface area contributed by atoms with Gasteiger partial charge in [-0.2, -0.15) is 0 Å². The average Bonchev–Trinajstić information content (AvgIpc) is 3.07. The van der Waals surface area contributed by atoms with E-state index in [1.54, 1.807) is 0 Å². The molecule has 1 aromatic heterocycles. The van der Waals surface area contributed by atoms with Crippen LogP contribution in [0.15, 0.2) is 36.4 Å². The summed E-state index contributed by atoms with van der Waals surface area (Å²) in [5, 5.41) is 0. The molecule has 2 aromatic carbocycles. The zero-order valence-electron chi connectivity index (χ0n) is 16.0. The van der Waals surface area contributed by atoms with Crippen molar-refractivity contribution in [2.45, 2.75) is 38.8 Å². The summed E-state index contributed by atoms with van der Waals surface area (Å²) in [7, 11) is 0. The SMILES string of the molecule is NCc1c(F)cc(-c2nc3ccccc3n2CCCN2CCCCC2)cc1F. The van der Waals surface area contributed by atoms with Crippen molar-refractivity contribution in [3.63, 3.8) is 0 Å². The number of halogens is 2. The molecule has 6 heteroatoms. The Kier molecular flexibility index (Phi) is 5.69. The fourth-order valence-corrected chi connectivity index (χ4v) is 4.08. The summed E-state index contributed by atoms with van der Waals surface area (Å²) in [6.45, 7) is 3.95. The van der Waals surface area contributed by atoms with Crippen molar-refractivity contribution in [1.29, 1.82) is 0 Å². The maximum absolute atomic E-state index is 14.3. The van der Waals surface area contributed by atoms with E-state index >= 15 is 0 Å². The molecule has 0 bridgehead atoms. The lowest BCUT2D eigenvalue weighted by molar-refractivity contribution is 0.223. The van der Waals surface area contributed by atoms with Gasteiger partial charge >= 0.3 is 0 Å². The number of nitrogens with two attached hydrogens (primary N) is 1. The molecule has 3 aromatic rings. The molecule has 2 heterocycles. The molecule has 0 saturated carbocycles. The largest absolute Gasteiger partial charge is 0.326 e. The third-order valence-corrected chi connectivity index (χ3v) is 5.56. The Morgan fingerprint density at radius 3 is 2.39 bits per heavy atom. The number of para-hydroxylation sites is 2. The zero-order valence-corrected chi connectivity index (χ0v) is 16.0. The quantitative estimate of drug-likeness (QED) is 0.689. The Bertz CT molecular complexity index is 937. The van der Waals surface area contributed by atoms with Crippen molar-refractivity contribution in [2.24, 2.45) is 5.73 Å². The van der Waals surface area contributed by atoms with E-state index < -0.39 is 11.6 Å². The van der Waals surface area contributed by atoms with E-state index in [9.17, 15) is 8.78 Å². The van der Waals surface area contributed by atoms with Crippen LogP contribution in [0.2, 0.25) is 0 Å². The summed E-state index contributed by atoms with van der Waals surface area (Å²) in [4.78, 5) is 7.17. The summed E-state index contributed by atoms with van der Waals surface area (Å²) < 4.78 is 30.7. The van der Waals surface area contributed by atoms with Gasteiger partial charge in [0.2, 0.25) is 0 Å². The maximum atomic E-state index is 14.3. The van der Waals surface area contributed by atoms with Gasteiger partial charge in [0.1, 0.15) is 17.5 Å². The number of hydrogen-bond donors (Lipinski definition) is 1. The number of imidazole rings is 1. The molecule has 0 aliphatic carbocycles. The lowest BCUT2D eigenvalue weighted by Crippen LogP contribution is -2.31. The van der Waals surface area contributed by atoms with E-state index in [0.717, 1.165) is 43.6 Å². The lowest BCUT2D eigenvalue weighted by Gasteiger charge is -2.26. The smallest absolute Gasteiger partial charge is 0.141 e. The molecule has 4 nitrogen and oxygen atoms in total. The molecule has 2 N–H and O–H groups in total. The summed E-state index contributed by atoms with van der Waals surface area (Å²) >= 11 is 0. The predicted octanol–water partition coefficient (Wildman–Crippen LogP) is 4.32. The summed E-state index contributed by atoms with van der Waals surface area (Å²) in [5.74, 6) is -0.643. The van der Waals surface area contributed by atoms with Gasteiger partial charge in [0, 0.05) is 24.2 Å². The number of piperidine rings is 1. The van der Waals surface area contributed by atoms with Crippen LogP contribution in [-0.4, -0.2) is 34.1 Å². The Morgan fingerprint density at radius 1 is 0.964 bits per heavy atom. The number of aromatic nitrogens is 2. The Morgan fingerprint density at radius 2 is 1.68 bits per heavy atom. The average molecular weight is 384 g/mol. The second-order valence-corrected chi connectivity index (χ2v) is 7.45. The van der Waals surface area contributed by atoms with Gasteiger partial charge < -0.3 is 15.2 Å². The number of benzene rings is 2. The molecule has 1 fully saturated rings. The highest BCUT2D eigenvalue weighted by molar-refractivity contribution is 5.80. The third-order valence-electron chi connectivity index (χ3n) is 5.56. The first-order valence-corrected chi connectivity index (χ1v) is 10.0. The number of nitrogens with zero attached hydrogens (tertiary/aromatic N) is 3. The van der Waals surface area contributed by atoms with Crippen molar-refractivity contribution in [1.82, 2.24) is 14.5 Å². The molecule has 4 rings (SSSR count). The van der Waals surface area contributed by atoms with E-state index in [0.29, 0.717) is 11.4 Å². The predicted molar refractivity (Wildman–Crippen MR) is 108 cm³/mol. The van der Waals surface area contributed by atoms with Crippen LogP contribution >= 0.6 is 0 Å². The molecule has 28 heavy (non-hydrogen) atoms. The maximum Gasteiger partial charge on any atom is 0.141 e. The first-order chi connectivity index (χ1) is 13.7. The van der Waals surface area contributed by atoms with Gasteiger partial charge in [-0.25, -0.2) is 13.8 Å². The van der Waals surface area contributed by atoms with Gasteiger partial charge in [0.05, 0.1) is 11.0 Å². The van der Waals surface area contributed by atoms with Crippen molar-refractivity contribution < 1.29 is 8.78 Å². The Balaban J connectivity index is 1.65. The van der Waals surface area contributed by atoms with Crippen LogP contribution < -0.4 is 5.73 Å². The third kappa shape index (κ3) is 3.80. The van der Waals surface area contributed by atoms with Gasteiger partial charge in [-0.1, -0.05) is 18.6 Å². The fraction of sp³-hybridized carbons (Fsp3) is 0.409. The monoisotopic (exact) mass is 384 g/mol. The number of rotatable bonds is 6. The molecule has 0 atom stereocenters. The van der Waals surface area contributed by atoms with Crippen molar-refractivity contribution >= 4 is 11.0 Å². The van der Waals surface area contributed by atoms with Crippen LogP contribution in [0.1, 0.15) is 31.2 Å². The first kappa shape index (κ1) is 19.0. The van der Waals surface area contributed by atoms with E-state index in [1.165, 1.54) is 31.4 Å². The van der Waals surface area contributed by atoms with Gasteiger partial charge in [0.15, 0.2) is 0 Å². The van der Waals surface area contributed by atoms with Crippen molar-refractivity contribution in [3.8, 4) is 11.4 Å². The number of fused-ring (bicyclic) bond motifs is 1. The molecule has 0 radical (unpaired) electrons. The van der Waals surface area contributed by atoms with Gasteiger partial charge in [-0.05, 0) is 63.2 Å². The molecular formula is C22H26F2N4. The molecule has 0 unspecified atom stereocenters. The van der Waals surface area contributed by atoms with Crippen LogP contribution in [0.25, 0.3) is 22.4 Å². The van der Waals surface area contributed by atoms with Crippen LogP contribution in [-0.2, 0) is 13.1 Å². The highest BCUT2D eigenvalue weighted by Gasteiger charge is 2.17. The zero-order chi connectivity index (χ0) is 19.5. The highest BCUT2D eigenvalue weighted by atomic mass is 19.1. The van der Waals surface area contributed by atoms with Gasteiger partial charge in [0.25, 0.3) is 0 Å². The lowest BCUT2D eigenvalue weighted by atomic mass is 10.1. The molecule has 1 aliphatic heterocycles. The van der Waals surface area contributed by atoms with Crippen LogP contribution in [0.5, 0.6) is 0 Å². The van der Waals surface area contributed by atoms with Crippen LogP contribution in [0, 0.1) is 11.6 Å². The standard InChI is InChI=1S/C22H26F2N4/c23-18-13-16(14-19(24)17(18)15-25)22-26-20-7-2-3-8-21(20)28(22)12-6-11-27-9-4-1-5-10-27/h2-3,7-8,13-14H,1,4-6,9-12,15,25H2. The summed E-state index contributed by atoms with van der Waals surface area (Å²) in [5.41, 5.74) is 7.64. The molecule has 1 saturated heterocycles. The van der Waals surface area contributed by atoms with E-state index in [1.807, 2.05) is 24.3 Å². The van der Waals surface area contributed by atoms with Crippen molar-refractivity contribution in [3.05, 3.63) is 53.6 Å². The number of likely N-dealkylation sites (tertiary alicyclic amines) is 1. The summed E-state index contributed by atoms with van der Waals surface area (Å²) in [6, 6.07) is 10.5. The van der Waals surface area contributed by atoms with Crippen LogP contribution in [0.3, 0.4) is 0 Å². The Labute approximate surface area is 164 Å². The Hall–Kier alpha value is -2.31. The molecule has 148 valence electrons. The minimum atomic E-state index is -0.621. The van der Waals surface area contributed by atoms with E-state index in [4.69, 9.17) is 5.73 Å². The van der Waals surface area contributed by atoms with E-state index in [2.05, 4.69) is 14.5 Å². The van der Waals surface area contributed by atoms with Gasteiger partial charge in [-0.15, -0.1) is 0 Å². The number of hydrogen-bond acceptors (Lipinski definition) is 3. The van der Waals surface area contributed by atoms with Crippen molar-refractivity contribution in [2.75, 3.05) is 19.6 Å². The van der Waals surface area contributed by atoms with Crippen LogP contribution in [0.4, 0.5) is 8.78 Å². The molecule has 1 aliphatic rings. The molecule has 0 spiro atoms. The molecule has 0 amide bonds. The highest BCUT2D eigenvalue weighted by Crippen LogP contribution is 2.28. The minimum Gasteiger partial charge on any atom is -0.326 e. The second kappa shape index (κ2) is 8.37. The fourth-order valence-electron chi connectivity index (χ4n) is 4.08. The topological polar surface area (TPSA) is 47.1 Å². The first-order valence-electron chi connectivity index (χ1n) is 10.0. The normalized spacial score (nSPS) is 15.4. The number of aryl methyl sites for hydroxylation is 1. The summed E-state index contributed by atoms with van der Waals surface area (Å²) in [6.07, 6.45) is 4.83. The minimum absolute atomic E-state index is 0.0866. The molecular weight excluding hydrogens is 358 g/mol. The van der Waals surface area contributed by atoms with E-state index in [-0.39, 0.29) is 12.1 Å². The van der Waals surface area contributed by atoms with Gasteiger partial charge in [-0.3, -0.25) is 0 Å².